The molecule has 0 spiro atoms. The van der Waals surface area contributed by atoms with Gasteiger partial charge in [-0.2, -0.15) is 0 Å². The highest BCUT2D eigenvalue weighted by Gasteiger charge is 2.31. The summed E-state index contributed by atoms with van der Waals surface area (Å²) >= 11 is 0. The van der Waals surface area contributed by atoms with Crippen LogP contribution < -0.4 is 14.8 Å². The van der Waals surface area contributed by atoms with Crippen LogP contribution in [0.1, 0.15) is 37.5 Å². The maximum absolute atomic E-state index is 12.9. The first-order chi connectivity index (χ1) is 13.4. The Morgan fingerprint density at radius 3 is 2.29 bits per heavy atom. The molecule has 5 heteroatoms. The highest BCUT2D eigenvalue weighted by Crippen LogP contribution is 2.33. The molecule has 2 aromatic rings. The van der Waals surface area contributed by atoms with Crippen molar-refractivity contribution in [1.29, 1.82) is 0 Å². The van der Waals surface area contributed by atoms with E-state index in [0.29, 0.717) is 18.8 Å². The van der Waals surface area contributed by atoms with Gasteiger partial charge in [0.1, 0.15) is 0 Å². The average Bonchev–Trinajstić information content (AvgIpc) is 2.72. The van der Waals surface area contributed by atoms with Crippen molar-refractivity contribution < 1.29 is 14.3 Å². The molecule has 5 nitrogen and oxygen atoms in total. The smallest absolute Gasteiger partial charge is 0.317 e. The van der Waals surface area contributed by atoms with Crippen molar-refractivity contribution in [3.8, 4) is 11.5 Å². The molecule has 0 aromatic heterocycles. The molecule has 1 heterocycles. The second kappa shape index (κ2) is 8.13. The molecule has 3 rings (SSSR count). The van der Waals surface area contributed by atoms with Crippen molar-refractivity contribution in [2.75, 3.05) is 20.8 Å². The molecule has 2 amide bonds. The summed E-state index contributed by atoms with van der Waals surface area (Å²) < 4.78 is 10.8. The Morgan fingerprint density at radius 1 is 1.07 bits per heavy atom. The summed E-state index contributed by atoms with van der Waals surface area (Å²) in [7, 11) is 3.27. The van der Waals surface area contributed by atoms with E-state index in [0.717, 1.165) is 17.7 Å². The first-order valence-corrected chi connectivity index (χ1v) is 9.71. The highest BCUT2D eigenvalue weighted by atomic mass is 16.5. The summed E-state index contributed by atoms with van der Waals surface area (Å²) in [5.74, 6) is 1.43. The standard InChI is InChI=1S/C23H30N2O3/c1-16(23(2,3)19-9-7-6-8-10-19)24-22(26)25-12-11-17-13-20(27-4)21(28-5)14-18(17)15-25/h6-10,13-14,16H,11-12,15H2,1-5H3,(H,24,26). The minimum Gasteiger partial charge on any atom is -0.493 e. The number of carbonyl (C=O) groups is 1. The summed E-state index contributed by atoms with van der Waals surface area (Å²) in [6.07, 6.45) is 0.805. The molecular formula is C23H30N2O3. The zero-order valence-corrected chi connectivity index (χ0v) is 17.4. The first-order valence-electron chi connectivity index (χ1n) is 9.71. The Kier molecular flexibility index (Phi) is 5.82. The number of fused-ring (bicyclic) bond motifs is 1. The van der Waals surface area contributed by atoms with Gasteiger partial charge in [-0.3, -0.25) is 0 Å². The third-order valence-corrected chi connectivity index (χ3v) is 5.95. The fourth-order valence-corrected chi connectivity index (χ4v) is 3.63. The molecule has 1 unspecified atom stereocenters. The topological polar surface area (TPSA) is 50.8 Å². The summed E-state index contributed by atoms with van der Waals surface area (Å²) in [4.78, 5) is 14.8. The van der Waals surface area contributed by atoms with Gasteiger partial charge in [0.15, 0.2) is 11.5 Å². The number of benzene rings is 2. The minimum absolute atomic E-state index is 0.00537. The molecule has 0 radical (unpaired) electrons. The molecule has 1 aliphatic rings. The Hall–Kier alpha value is -2.69. The van der Waals surface area contributed by atoms with Gasteiger partial charge in [0.25, 0.3) is 0 Å². The van der Waals surface area contributed by atoms with Crippen LogP contribution in [0.25, 0.3) is 0 Å². The van der Waals surface area contributed by atoms with Gasteiger partial charge >= 0.3 is 6.03 Å². The van der Waals surface area contributed by atoms with E-state index >= 15 is 0 Å². The molecule has 1 atom stereocenters. The summed E-state index contributed by atoms with van der Waals surface area (Å²) in [5, 5.41) is 3.20. The third-order valence-electron chi connectivity index (χ3n) is 5.95. The van der Waals surface area contributed by atoms with Gasteiger partial charge in [-0.1, -0.05) is 44.2 Å². The Bertz CT molecular complexity index is 833. The van der Waals surface area contributed by atoms with Gasteiger partial charge in [-0.05, 0) is 42.2 Å². The van der Waals surface area contributed by atoms with E-state index in [1.807, 2.05) is 35.2 Å². The molecule has 0 aliphatic carbocycles. The fraction of sp³-hybridized carbons (Fsp3) is 0.435. The van der Waals surface area contributed by atoms with E-state index < -0.39 is 0 Å². The van der Waals surface area contributed by atoms with E-state index in [1.165, 1.54) is 11.1 Å². The summed E-state index contributed by atoms with van der Waals surface area (Å²) in [6, 6.07) is 14.3. The molecule has 0 saturated carbocycles. The number of methoxy groups -OCH3 is 2. The zero-order valence-electron chi connectivity index (χ0n) is 17.4. The van der Waals surface area contributed by atoms with Crippen LogP contribution in [0.5, 0.6) is 11.5 Å². The van der Waals surface area contributed by atoms with Crippen molar-refractivity contribution in [3.05, 3.63) is 59.2 Å². The van der Waals surface area contributed by atoms with Gasteiger partial charge in [0, 0.05) is 24.5 Å². The van der Waals surface area contributed by atoms with Crippen molar-refractivity contribution >= 4 is 6.03 Å². The molecule has 150 valence electrons. The lowest BCUT2D eigenvalue weighted by atomic mass is 9.78. The zero-order chi connectivity index (χ0) is 20.3. The van der Waals surface area contributed by atoms with Crippen molar-refractivity contribution in [2.45, 2.75) is 45.2 Å². The predicted octanol–water partition coefficient (Wildman–Crippen LogP) is 4.14. The number of urea groups is 1. The van der Waals surface area contributed by atoms with Crippen LogP contribution in [0.15, 0.2) is 42.5 Å². The number of ether oxygens (including phenoxy) is 2. The fourth-order valence-electron chi connectivity index (χ4n) is 3.63. The van der Waals surface area contributed by atoms with Crippen LogP contribution in [-0.2, 0) is 18.4 Å². The first kappa shape index (κ1) is 20.1. The second-order valence-corrected chi connectivity index (χ2v) is 7.91. The van der Waals surface area contributed by atoms with Crippen LogP contribution in [0.4, 0.5) is 4.79 Å². The van der Waals surface area contributed by atoms with E-state index in [-0.39, 0.29) is 17.5 Å². The Labute approximate surface area is 167 Å². The maximum atomic E-state index is 12.9. The van der Waals surface area contributed by atoms with Gasteiger partial charge < -0.3 is 19.7 Å². The number of carbonyl (C=O) groups excluding carboxylic acids is 1. The molecule has 0 bridgehead atoms. The van der Waals surface area contributed by atoms with Crippen molar-refractivity contribution in [2.24, 2.45) is 0 Å². The molecule has 2 aromatic carbocycles. The molecule has 1 aliphatic heterocycles. The maximum Gasteiger partial charge on any atom is 0.317 e. The van der Waals surface area contributed by atoms with Crippen LogP contribution in [0, 0.1) is 0 Å². The quantitative estimate of drug-likeness (QED) is 0.846. The normalized spacial score (nSPS) is 14.8. The van der Waals surface area contributed by atoms with Crippen molar-refractivity contribution in [1.82, 2.24) is 10.2 Å². The number of amides is 2. The third kappa shape index (κ3) is 3.93. The van der Waals surface area contributed by atoms with Crippen LogP contribution in [0.2, 0.25) is 0 Å². The monoisotopic (exact) mass is 382 g/mol. The second-order valence-electron chi connectivity index (χ2n) is 7.91. The number of nitrogens with zero attached hydrogens (tertiary/aromatic N) is 1. The molecular weight excluding hydrogens is 352 g/mol. The van der Waals surface area contributed by atoms with E-state index in [1.54, 1.807) is 14.2 Å². The predicted molar refractivity (Wildman–Crippen MR) is 111 cm³/mol. The summed E-state index contributed by atoms with van der Waals surface area (Å²) in [6.45, 7) is 7.65. The van der Waals surface area contributed by atoms with Crippen molar-refractivity contribution in [3.63, 3.8) is 0 Å². The molecule has 0 saturated heterocycles. The average molecular weight is 383 g/mol. The van der Waals surface area contributed by atoms with E-state index in [2.05, 4.69) is 38.2 Å². The number of nitrogens with one attached hydrogen (secondary N) is 1. The Balaban J connectivity index is 1.71. The highest BCUT2D eigenvalue weighted by molar-refractivity contribution is 5.75. The van der Waals surface area contributed by atoms with Gasteiger partial charge in [-0.25, -0.2) is 4.79 Å². The number of rotatable bonds is 5. The van der Waals surface area contributed by atoms with Gasteiger partial charge in [0.05, 0.1) is 14.2 Å². The number of hydrogen-bond donors (Lipinski definition) is 1. The molecule has 1 N–H and O–H groups in total. The van der Waals surface area contributed by atoms with Crippen LogP contribution in [0.3, 0.4) is 0 Å². The van der Waals surface area contributed by atoms with E-state index in [9.17, 15) is 4.79 Å². The van der Waals surface area contributed by atoms with Gasteiger partial charge in [-0.15, -0.1) is 0 Å². The molecule has 28 heavy (non-hydrogen) atoms. The largest absolute Gasteiger partial charge is 0.493 e. The minimum atomic E-state index is -0.165. The van der Waals surface area contributed by atoms with Crippen LogP contribution >= 0.6 is 0 Å². The lowest BCUT2D eigenvalue weighted by Gasteiger charge is -2.36. The molecule has 0 fully saturated rings. The van der Waals surface area contributed by atoms with E-state index in [4.69, 9.17) is 9.47 Å². The number of hydrogen-bond acceptors (Lipinski definition) is 3. The SMILES string of the molecule is COc1cc2c(cc1OC)CN(C(=O)NC(C)C(C)(C)c1ccccc1)CC2. The Morgan fingerprint density at radius 2 is 1.68 bits per heavy atom. The lowest BCUT2D eigenvalue weighted by Crippen LogP contribution is -2.51. The summed E-state index contributed by atoms with van der Waals surface area (Å²) in [5.41, 5.74) is 3.36. The lowest BCUT2D eigenvalue weighted by molar-refractivity contribution is 0.183. The van der Waals surface area contributed by atoms with Gasteiger partial charge in [0.2, 0.25) is 0 Å². The van der Waals surface area contributed by atoms with Crippen LogP contribution in [-0.4, -0.2) is 37.7 Å².